The van der Waals surface area contributed by atoms with Crippen molar-refractivity contribution in [1.82, 2.24) is 14.8 Å². The Kier molecular flexibility index (Phi) is 3.45. The van der Waals surface area contributed by atoms with Crippen LogP contribution in [0.1, 0.15) is 13.8 Å². The molecular formula is C11H13N3O2S2. The van der Waals surface area contributed by atoms with E-state index >= 15 is 0 Å². The predicted octanol–water partition coefficient (Wildman–Crippen LogP) is 1.68. The Morgan fingerprint density at radius 3 is 2.72 bits per heavy atom. The maximum Gasteiger partial charge on any atom is 0.147 e. The Balaban J connectivity index is 2.59. The van der Waals surface area contributed by atoms with Crippen molar-refractivity contribution in [2.24, 2.45) is 0 Å². The van der Waals surface area contributed by atoms with Crippen LogP contribution < -0.4 is 0 Å². The molecule has 0 aromatic carbocycles. The lowest BCUT2D eigenvalue weighted by Gasteiger charge is -2.16. The van der Waals surface area contributed by atoms with Gasteiger partial charge in [0.15, 0.2) is 0 Å². The third kappa shape index (κ3) is 2.28. The van der Waals surface area contributed by atoms with Crippen LogP contribution in [0, 0.1) is 0 Å². The molecule has 0 amide bonds. The fraction of sp³-hybridized carbons (Fsp3) is 0.364. The van der Waals surface area contributed by atoms with E-state index < -0.39 is 16.3 Å². The summed E-state index contributed by atoms with van der Waals surface area (Å²) in [7, 11) is -1.16. The molecule has 1 atom stereocenters. The molecular weight excluding hydrogens is 270 g/mol. The second-order valence-electron chi connectivity index (χ2n) is 4.38. The van der Waals surface area contributed by atoms with E-state index in [-0.39, 0.29) is 0 Å². The summed E-state index contributed by atoms with van der Waals surface area (Å²) in [6, 6.07) is 0. The van der Waals surface area contributed by atoms with Crippen LogP contribution in [0.25, 0.3) is 10.6 Å². The summed E-state index contributed by atoms with van der Waals surface area (Å²) < 4.78 is 13.3. The highest BCUT2D eigenvalue weighted by atomic mass is 32.2. The average Bonchev–Trinajstić information content (AvgIpc) is 2.97. The van der Waals surface area contributed by atoms with Gasteiger partial charge in [-0.3, -0.25) is 13.9 Å². The van der Waals surface area contributed by atoms with Crippen molar-refractivity contribution in [2.75, 3.05) is 6.26 Å². The van der Waals surface area contributed by atoms with Crippen molar-refractivity contribution in [2.45, 2.75) is 24.3 Å². The quantitative estimate of drug-likeness (QED) is 0.801. The Bertz CT molecular complexity index is 587. The number of carbonyl (C=O) groups is 1. The SMILES string of the molecule is CS(=O)c1cn(C(C)(C)C=O)nc1-c1cncs1. The van der Waals surface area contributed by atoms with Gasteiger partial charge in [0.05, 0.1) is 26.1 Å². The third-order valence-electron chi connectivity index (χ3n) is 2.53. The first-order valence-electron chi connectivity index (χ1n) is 5.24. The molecule has 0 aliphatic rings. The van der Waals surface area contributed by atoms with Crippen LogP contribution in [0.4, 0.5) is 0 Å². The number of thiazole rings is 1. The molecule has 7 heteroatoms. The maximum absolute atomic E-state index is 11.7. The van der Waals surface area contributed by atoms with Crippen molar-refractivity contribution in [3.63, 3.8) is 0 Å². The largest absolute Gasteiger partial charge is 0.301 e. The van der Waals surface area contributed by atoms with Crippen LogP contribution in [-0.2, 0) is 21.1 Å². The molecule has 2 rings (SSSR count). The Morgan fingerprint density at radius 1 is 1.50 bits per heavy atom. The normalized spacial score (nSPS) is 13.5. The van der Waals surface area contributed by atoms with Gasteiger partial charge in [0.2, 0.25) is 0 Å². The lowest BCUT2D eigenvalue weighted by Crippen LogP contribution is -2.28. The summed E-state index contributed by atoms with van der Waals surface area (Å²) in [4.78, 5) is 16.5. The van der Waals surface area contributed by atoms with Gasteiger partial charge in [-0.2, -0.15) is 5.10 Å². The molecule has 0 saturated heterocycles. The second kappa shape index (κ2) is 4.74. The Morgan fingerprint density at radius 2 is 2.22 bits per heavy atom. The third-order valence-corrected chi connectivity index (χ3v) is 4.23. The van der Waals surface area contributed by atoms with Crippen molar-refractivity contribution < 1.29 is 9.00 Å². The zero-order valence-corrected chi connectivity index (χ0v) is 11.9. The summed E-state index contributed by atoms with van der Waals surface area (Å²) in [5.74, 6) is 0. The molecule has 0 aliphatic carbocycles. The molecule has 0 fully saturated rings. The summed E-state index contributed by atoms with van der Waals surface area (Å²) in [6.07, 6.45) is 5.76. The number of aromatic nitrogens is 3. The number of aldehydes is 1. The molecule has 0 saturated carbocycles. The summed E-state index contributed by atoms with van der Waals surface area (Å²) in [5, 5.41) is 4.38. The molecule has 0 spiro atoms. The van der Waals surface area contributed by atoms with Crippen LogP contribution >= 0.6 is 11.3 Å². The molecule has 18 heavy (non-hydrogen) atoms. The van der Waals surface area contributed by atoms with Gasteiger partial charge in [-0.25, -0.2) is 0 Å². The highest BCUT2D eigenvalue weighted by molar-refractivity contribution is 7.84. The zero-order chi connectivity index (χ0) is 13.3. The van der Waals surface area contributed by atoms with Gasteiger partial charge in [-0.05, 0) is 13.8 Å². The lowest BCUT2D eigenvalue weighted by atomic mass is 10.1. The van der Waals surface area contributed by atoms with E-state index in [1.807, 2.05) is 0 Å². The summed E-state index contributed by atoms with van der Waals surface area (Å²) in [5.41, 5.74) is 1.58. The van der Waals surface area contributed by atoms with Gasteiger partial charge in [0.1, 0.15) is 17.5 Å². The van der Waals surface area contributed by atoms with Crippen LogP contribution in [0.15, 0.2) is 22.8 Å². The maximum atomic E-state index is 11.7. The van der Waals surface area contributed by atoms with Crippen molar-refractivity contribution in [1.29, 1.82) is 0 Å². The van der Waals surface area contributed by atoms with Crippen molar-refractivity contribution in [3.8, 4) is 10.6 Å². The molecule has 1 unspecified atom stereocenters. The number of hydrogen-bond acceptors (Lipinski definition) is 5. The van der Waals surface area contributed by atoms with E-state index in [1.165, 1.54) is 11.3 Å². The van der Waals surface area contributed by atoms with E-state index in [4.69, 9.17) is 0 Å². The smallest absolute Gasteiger partial charge is 0.147 e. The van der Waals surface area contributed by atoms with Gasteiger partial charge in [-0.1, -0.05) is 0 Å². The molecule has 0 aliphatic heterocycles. The first-order valence-corrected chi connectivity index (χ1v) is 7.68. The minimum Gasteiger partial charge on any atom is -0.301 e. The van der Waals surface area contributed by atoms with E-state index in [0.29, 0.717) is 10.6 Å². The monoisotopic (exact) mass is 283 g/mol. The standard InChI is InChI=1S/C11H13N3O2S2/c1-11(2,6-15)14-5-9(18(3)16)10(13-14)8-4-12-7-17-8/h4-7H,1-3H3. The van der Waals surface area contributed by atoms with Crippen molar-refractivity contribution >= 4 is 28.4 Å². The first-order chi connectivity index (χ1) is 8.45. The minimum atomic E-state index is -1.16. The number of nitrogens with zero attached hydrogens (tertiary/aromatic N) is 3. The van der Waals surface area contributed by atoms with Gasteiger partial charge < -0.3 is 4.79 Å². The summed E-state index contributed by atoms with van der Waals surface area (Å²) in [6.45, 7) is 3.51. The lowest BCUT2D eigenvalue weighted by molar-refractivity contribution is -0.114. The minimum absolute atomic E-state index is 0.620. The molecule has 96 valence electrons. The fourth-order valence-electron chi connectivity index (χ4n) is 1.42. The second-order valence-corrected chi connectivity index (χ2v) is 6.61. The zero-order valence-electron chi connectivity index (χ0n) is 10.3. The number of carbonyl (C=O) groups excluding carboxylic acids is 1. The molecule has 0 radical (unpaired) electrons. The predicted molar refractivity (Wildman–Crippen MR) is 71.1 cm³/mol. The van der Waals surface area contributed by atoms with Gasteiger partial charge in [0.25, 0.3) is 0 Å². The Labute approximate surface area is 111 Å². The molecule has 2 aromatic rings. The highest BCUT2D eigenvalue weighted by Gasteiger charge is 2.24. The highest BCUT2D eigenvalue weighted by Crippen LogP contribution is 2.29. The van der Waals surface area contributed by atoms with Gasteiger partial charge >= 0.3 is 0 Å². The van der Waals surface area contributed by atoms with Gasteiger partial charge in [-0.15, -0.1) is 11.3 Å². The van der Waals surface area contributed by atoms with E-state index in [1.54, 1.807) is 42.7 Å². The molecule has 2 aromatic heterocycles. The van der Waals surface area contributed by atoms with E-state index in [0.717, 1.165) is 11.2 Å². The topological polar surface area (TPSA) is 64.8 Å². The van der Waals surface area contributed by atoms with Crippen LogP contribution in [0.5, 0.6) is 0 Å². The van der Waals surface area contributed by atoms with Crippen LogP contribution in [-0.4, -0.2) is 31.5 Å². The van der Waals surface area contributed by atoms with Crippen LogP contribution in [0.3, 0.4) is 0 Å². The first kappa shape index (κ1) is 13.1. The fourth-order valence-corrected chi connectivity index (χ4v) is 2.78. The van der Waals surface area contributed by atoms with E-state index in [9.17, 15) is 9.00 Å². The number of hydrogen-bond donors (Lipinski definition) is 0. The number of rotatable bonds is 4. The van der Waals surface area contributed by atoms with Crippen LogP contribution in [0.2, 0.25) is 0 Å². The van der Waals surface area contributed by atoms with Crippen molar-refractivity contribution in [3.05, 3.63) is 17.9 Å². The molecule has 2 heterocycles. The molecule has 5 nitrogen and oxygen atoms in total. The average molecular weight is 283 g/mol. The summed E-state index contributed by atoms with van der Waals surface area (Å²) >= 11 is 1.43. The Hall–Kier alpha value is -1.34. The molecule has 0 N–H and O–H groups in total. The molecule has 0 bridgehead atoms. The van der Waals surface area contributed by atoms with E-state index in [2.05, 4.69) is 10.1 Å². The van der Waals surface area contributed by atoms with Gasteiger partial charge in [0, 0.05) is 18.6 Å².